The van der Waals surface area contributed by atoms with Crippen LogP contribution in [0.4, 0.5) is 18.9 Å². The van der Waals surface area contributed by atoms with Gasteiger partial charge in [-0.25, -0.2) is 0 Å². The van der Waals surface area contributed by atoms with Crippen molar-refractivity contribution in [3.05, 3.63) is 29.3 Å². The summed E-state index contributed by atoms with van der Waals surface area (Å²) in [6.07, 6.45) is -1.41. The second-order valence-corrected chi connectivity index (χ2v) is 6.65. The summed E-state index contributed by atoms with van der Waals surface area (Å²) in [7, 11) is 0. The summed E-state index contributed by atoms with van der Waals surface area (Å²) in [6, 6.07) is 4.97. The van der Waals surface area contributed by atoms with Crippen molar-refractivity contribution in [3.63, 3.8) is 0 Å². The fraction of sp³-hybridized carbons (Fsp3) is 0.625. The smallest absolute Gasteiger partial charge is 0.368 e. The van der Waals surface area contributed by atoms with Gasteiger partial charge < -0.3 is 4.90 Å². The summed E-state index contributed by atoms with van der Waals surface area (Å²) < 4.78 is 40.1. The van der Waals surface area contributed by atoms with Crippen molar-refractivity contribution in [1.82, 2.24) is 0 Å². The van der Waals surface area contributed by atoms with Crippen LogP contribution in [0.2, 0.25) is 0 Å². The van der Waals surface area contributed by atoms with Crippen molar-refractivity contribution in [2.45, 2.75) is 50.7 Å². The van der Waals surface area contributed by atoms with Gasteiger partial charge >= 0.3 is 6.18 Å². The van der Waals surface area contributed by atoms with Gasteiger partial charge in [0.05, 0.1) is 5.56 Å². The summed E-state index contributed by atoms with van der Waals surface area (Å²) in [5, 5.41) is 0.436. The monoisotopic (exact) mass is 363 g/mol. The van der Waals surface area contributed by atoms with E-state index < -0.39 is 11.7 Å². The van der Waals surface area contributed by atoms with Gasteiger partial charge in [-0.05, 0) is 42.9 Å². The predicted octanol–water partition coefficient (Wildman–Crippen LogP) is 5.62. The Morgan fingerprint density at radius 2 is 1.95 bits per heavy atom. The number of benzene rings is 1. The molecule has 1 aromatic carbocycles. The Bertz CT molecular complexity index is 481. The highest BCUT2D eigenvalue weighted by Crippen LogP contribution is 2.41. The van der Waals surface area contributed by atoms with Crippen LogP contribution in [0.1, 0.15) is 44.2 Å². The van der Waals surface area contributed by atoms with Crippen molar-refractivity contribution < 1.29 is 13.2 Å². The van der Waals surface area contributed by atoms with Gasteiger partial charge in [0.1, 0.15) is 0 Å². The molecule has 118 valence electrons. The van der Waals surface area contributed by atoms with E-state index in [1.54, 1.807) is 12.1 Å². The fourth-order valence-corrected chi connectivity index (χ4v) is 2.78. The van der Waals surface area contributed by atoms with Crippen LogP contribution in [0.15, 0.2) is 18.2 Å². The molecule has 0 bridgehead atoms. The van der Waals surface area contributed by atoms with Crippen LogP contribution in [-0.2, 0) is 11.5 Å². The van der Waals surface area contributed by atoms with Crippen molar-refractivity contribution >= 4 is 21.6 Å². The van der Waals surface area contributed by atoms with Gasteiger partial charge in [0, 0.05) is 23.6 Å². The molecule has 5 heteroatoms. The molecule has 21 heavy (non-hydrogen) atoms. The first-order chi connectivity index (χ1) is 9.82. The number of rotatable bonds is 6. The second kappa shape index (κ2) is 6.59. The molecule has 0 amide bonds. The third kappa shape index (κ3) is 4.38. The zero-order valence-electron chi connectivity index (χ0n) is 12.4. The SMILES string of the molecule is CC(C)CCN(c1ccc(CBr)cc1C(F)(F)F)C1CC1. The number of hydrogen-bond donors (Lipinski definition) is 0. The topological polar surface area (TPSA) is 3.24 Å². The lowest BCUT2D eigenvalue weighted by Gasteiger charge is -2.29. The van der Waals surface area contributed by atoms with Gasteiger partial charge in [-0.2, -0.15) is 13.2 Å². The Balaban J connectivity index is 2.34. The summed E-state index contributed by atoms with van der Waals surface area (Å²) in [4.78, 5) is 1.96. The molecule has 0 aliphatic heterocycles. The largest absolute Gasteiger partial charge is 0.418 e. The van der Waals surface area contributed by atoms with E-state index in [4.69, 9.17) is 0 Å². The standard InChI is InChI=1S/C16H21BrF3N/c1-11(2)7-8-21(13-4-5-13)15-6-3-12(10-17)9-14(15)16(18,19)20/h3,6,9,11,13H,4-5,7-8,10H2,1-2H3. The van der Waals surface area contributed by atoms with Crippen LogP contribution >= 0.6 is 15.9 Å². The summed E-state index contributed by atoms with van der Waals surface area (Å²) in [5.41, 5.74) is 0.496. The first kappa shape index (κ1) is 16.7. The highest BCUT2D eigenvalue weighted by Gasteiger charge is 2.38. The number of alkyl halides is 4. The Morgan fingerprint density at radius 1 is 1.29 bits per heavy atom. The van der Waals surface area contributed by atoms with E-state index in [2.05, 4.69) is 29.8 Å². The maximum absolute atomic E-state index is 13.4. The number of anilines is 1. The Kier molecular flexibility index (Phi) is 5.23. The molecular weight excluding hydrogens is 343 g/mol. The molecule has 0 atom stereocenters. The first-order valence-electron chi connectivity index (χ1n) is 7.35. The van der Waals surface area contributed by atoms with Crippen molar-refractivity contribution in [2.24, 2.45) is 5.92 Å². The molecule has 0 N–H and O–H groups in total. The lowest BCUT2D eigenvalue weighted by atomic mass is 10.1. The number of hydrogen-bond acceptors (Lipinski definition) is 1. The lowest BCUT2D eigenvalue weighted by molar-refractivity contribution is -0.137. The second-order valence-electron chi connectivity index (χ2n) is 6.09. The molecule has 0 saturated heterocycles. The number of halogens is 4. The van der Waals surface area contributed by atoms with E-state index in [9.17, 15) is 13.2 Å². The van der Waals surface area contributed by atoms with Crippen LogP contribution in [0.5, 0.6) is 0 Å². The minimum absolute atomic E-state index is 0.277. The summed E-state index contributed by atoms with van der Waals surface area (Å²) in [6.45, 7) is 4.90. The van der Waals surface area contributed by atoms with Gasteiger partial charge in [0.15, 0.2) is 0 Å². The molecule has 0 aromatic heterocycles. The van der Waals surface area contributed by atoms with Crippen molar-refractivity contribution in [1.29, 1.82) is 0 Å². The Morgan fingerprint density at radius 3 is 2.43 bits per heavy atom. The maximum Gasteiger partial charge on any atom is 0.418 e. The van der Waals surface area contributed by atoms with E-state index in [0.29, 0.717) is 29.0 Å². The molecular formula is C16H21BrF3N. The minimum atomic E-state index is -4.31. The van der Waals surface area contributed by atoms with Gasteiger partial charge in [-0.1, -0.05) is 35.8 Å². The van der Waals surface area contributed by atoms with E-state index >= 15 is 0 Å². The van der Waals surface area contributed by atoms with Crippen LogP contribution in [0.3, 0.4) is 0 Å². The third-order valence-corrected chi connectivity index (χ3v) is 4.41. The normalized spacial score (nSPS) is 15.6. The molecule has 1 fully saturated rings. The average Bonchev–Trinajstić information content (AvgIpc) is 3.22. The minimum Gasteiger partial charge on any atom is -0.368 e. The molecule has 1 saturated carbocycles. The van der Waals surface area contributed by atoms with Crippen LogP contribution < -0.4 is 4.90 Å². The molecule has 1 nitrogen and oxygen atoms in total. The van der Waals surface area contributed by atoms with E-state index in [1.165, 1.54) is 6.07 Å². The summed E-state index contributed by atoms with van der Waals surface area (Å²) in [5.74, 6) is 0.488. The van der Waals surface area contributed by atoms with Gasteiger partial charge in [-0.15, -0.1) is 0 Å². The van der Waals surface area contributed by atoms with Crippen LogP contribution in [0.25, 0.3) is 0 Å². The Hall–Kier alpha value is -0.710. The van der Waals surface area contributed by atoms with E-state index in [1.807, 2.05) is 4.90 Å². The fourth-order valence-electron chi connectivity index (χ4n) is 2.43. The predicted molar refractivity (Wildman–Crippen MR) is 83.9 cm³/mol. The first-order valence-corrected chi connectivity index (χ1v) is 8.47. The van der Waals surface area contributed by atoms with Crippen LogP contribution in [-0.4, -0.2) is 12.6 Å². The van der Waals surface area contributed by atoms with Gasteiger partial charge in [-0.3, -0.25) is 0 Å². The molecule has 2 rings (SSSR count). The van der Waals surface area contributed by atoms with E-state index in [-0.39, 0.29) is 6.04 Å². The quantitative estimate of drug-likeness (QED) is 0.593. The third-order valence-electron chi connectivity index (χ3n) is 3.77. The molecule has 1 aromatic rings. The Labute approximate surface area is 132 Å². The van der Waals surface area contributed by atoms with Crippen molar-refractivity contribution in [2.75, 3.05) is 11.4 Å². The molecule has 0 heterocycles. The molecule has 1 aliphatic rings. The molecule has 0 spiro atoms. The zero-order chi connectivity index (χ0) is 15.6. The van der Waals surface area contributed by atoms with Crippen molar-refractivity contribution in [3.8, 4) is 0 Å². The van der Waals surface area contributed by atoms with E-state index in [0.717, 1.165) is 19.3 Å². The zero-order valence-corrected chi connectivity index (χ0v) is 14.0. The maximum atomic E-state index is 13.4. The van der Waals surface area contributed by atoms with Gasteiger partial charge in [0.25, 0.3) is 0 Å². The highest BCUT2D eigenvalue weighted by atomic mass is 79.9. The highest BCUT2D eigenvalue weighted by molar-refractivity contribution is 9.08. The average molecular weight is 364 g/mol. The van der Waals surface area contributed by atoms with Crippen LogP contribution in [0, 0.1) is 5.92 Å². The lowest BCUT2D eigenvalue weighted by Crippen LogP contribution is -2.30. The molecule has 0 unspecified atom stereocenters. The summed E-state index contributed by atoms with van der Waals surface area (Å²) >= 11 is 3.23. The number of nitrogens with zero attached hydrogens (tertiary/aromatic N) is 1. The molecule has 0 radical (unpaired) electrons. The molecule has 1 aliphatic carbocycles. The van der Waals surface area contributed by atoms with Gasteiger partial charge in [0.2, 0.25) is 0 Å².